The number of nitrogens with two attached hydrogens (primary N) is 1. The maximum absolute atomic E-state index is 11.6. The summed E-state index contributed by atoms with van der Waals surface area (Å²) in [6.45, 7) is 4.41. The van der Waals surface area contributed by atoms with Crippen molar-refractivity contribution in [1.29, 1.82) is 0 Å². The van der Waals surface area contributed by atoms with Gasteiger partial charge in [-0.3, -0.25) is 4.79 Å². The molecule has 1 amide bonds. The number of carbonyl (C=O) groups is 1. The molecule has 0 spiro atoms. The van der Waals surface area contributed by atoms with Crippen molar-refractivity contribution in [2.24, 2.45) is 11.7 Å². The Morgan fingerprint density at radius 2 is 2.27 bits per heavy atom. The predicted octanol–water partition coefficient (Wildman–Crippen LogP) is 2.13. The van der Waals surface area contributed by atoms with Gasteiger partial charge in [-0.25, -0.2) is 0 Å². The Hall–Kier alpha value is -1.35. The topological polar surface area (TPSA) is 55.1 Å². The van der Waals surface area contributed by atoms with E-state index in [4.69, 9.17) is 5.73 Å². The van der Waals surface area contributed by atoms with Crippen LogP contribution < -0.4 is 11.1 Å². The predicted molar refractivity (Wildman–Crippen MR) is 62.4 cm³/mol. The lowest BCUT2D eigenvalue weighted by Gasteiger charge is -2.10. The highest BCUT2D eigenvalue weighted by Crippen LogP contribution is 2.12. The Labute approximate surface area is 90.7 Å². The average Bonchev–Trinajstić information content (AvgIpc) is 2.28. The van der Waals surface area contributed by atoms with Crippen LogP contribution in [-0.2, 0) is 11.3 Å². The van der Waals surface area contributed by atoms with Gasteiger partial charge in [0.25, 0.3) is 0 Å². The second-order valence-electron chi connectivity index (χ2n) is 3.70. The van der Waals surface area contributed by atoms with Crippen LogP contribution in [0.1, 0.15) is 25.8 Å². The molecule has 0 aliphatic rings. The molecular weight excluding hydrogens is 188 g/mol. The van der Waals surface area contributed by atoms with Gasteiger partial charge >= 0.3 is 0 Å². The summed E-state index contributed by atoms with van der Waals surface area (Å²) < 4.78 is 0. The molecule has 1 rings (SSSR count). The SMILES string of the molecule is CC[C@@H](C)C(=O)Nc1cccc(CN)c1. The molecular formula is C12H18N2O. The van der Waals surface area contributed by atoms with Gasteiger partial charge < -0.3 is 11.1 Å². The number of amides is 1. The average molecular weight is 206 g/mol. The molecule has 3 nitrogen and oxygen atoms in total. The first-order chi connectivity index (χ1) is 7.17. The summed E-state index contributed by atoms with van der Waals surface area (Å²) in [6, 6.07) is 7.62. The molecule has 0 saturated heterocycles. The largest absolute Gasteiger partial charge is 0.326 e. The van der Waals surface area contributed by atoms with Gasteiger partial charge in [-0.1, -0.05) is 26.0 Å². The van der Waals surface area contributed by atoms with Gasteiger partial charge in [-0.15, -0.1) is 0 Å². The monoisotopic (exact) mass is 206 g/mol. The van der Waals surface area contributed by atoms with Gasteiger partial charge in [0.1, 0.15) is 0 Å². The van der Waals surface area contributed by atoms with Crippen LogP contribution in [0, 0.1) is 5.92 Å². The van der Waals surface area contributed by atoms with Crippen molar-refractivity contribution < 1.29 is 4.79 Å². The van der Waals surface area contributed by atoms with Crippen LogP contribution in [0.25, 0.3) is 0 Å². The van der Waals surface area contributed by atoms with Gasteiger partial charge in [0.2, 0.25) is 5.91 Å². The van der Waals surface area contributed by atoms with Gasteiger partial charge in [0, 0.05) is 18.2 Å². The Balaban J connectivity index is 2.68. The van der Waals surface area contributed by atoms with Crippen LogP contribution in [0.3, 0.4) is 0 Å². The van der Waals surface area contributed by atoms with Crippen molar-refractivity contribution in [3.63, 3.8) is 0 Å². The Morgan fingerprint density at radius 3 is 2.87 bits per heavy atom. The zero-order valence-corrected chi connectivity index (χ0v) is 9.29. The van der Waals surface area contributed by atoms with E-state index in [0.717, 1.165) is 17.7 Å². The minimum Gasteiger partial charge on any atom is -0.326 e. The number of anilines is 1. The molecule has 1 aromatic carbocycles. The molecule has 0 heterocycles. The van der Waals surface area contributed by atoms with E-state index in [-0.39, 0.29) is 11.8 Å². The molecule has 0 aliphatic carbocycles. The Morgan fingerprint density at radius 1 is 1.53 bits per heavy atom. The van der Waals surface area contributed by atoms with E-state index < -0.39 is 0 Å². The normalized spacial score (nSPS) is 12.2. The molecule has 3 N–H and O–H groups in total. The summed E-state index contributed by atoms with van der Waals surface area (Å²) >= 11 is 0. The molecule has 0 unspecified atom stereocenters. The van der Waals surface area contributed by atoms with Crippen molar-refractivity contribution in [2.75, 3.05) is 5.32 Å². The smallest absolute Gasteiger partial charge is 0.227 e. The number of rotatable bonds is 4. The fourth-order valence-electron chi connectivity index (χ4n) is 1.23. The summed E-state index contributed by atoms with van der Waals surface area (Å²) in [6.07, 6.45) is 0.850. The Bertz CT molecular complexity index is 336. The quantitative estimate of drug-likeness (QED) is 0.793. The second kappa shape index (κ2) is 5.51. The third-order valence-corrected chi connectivity index (χ3v) is 2.49. The summed E-state index contributed by atoms with van der Waals surface area (Å²) in [5, 5.41) is 2.87. The van der Waals surface area contributed by atoms with E-state index in [0.29, 0.717) is 6.54 Å². The number of nitrogens with one attached hydrogen (secondary N) is 1. The molecule has 0 aromatic heterocycles. The molecule has 82 valence electrons. The number of carbonyl (C=O) groups excluding carboxylic acids is 1. The zero-order valence-electron chi connectivity index (χ0n) is 9.29. The van der Waals surface area contributed by atoms with Crippen molar-refractivity contribution >= 4 is 11.6 Å². The lowest BCUT2D eigenvalue weighted by atomic mass is 10.1. The van der Waals surface area contributed by atoms with Crippen molar-refractivity contribution in [2.45, 2.75) is 26.8 Å². The van der Waals surface area contributed by atoms with Crippen LogP contribution in [-0.4, -0.2) is 5.91 Å². The van der Waals surface area contributed by atoms with E-state index in [1.54, 1.807) is 0 Å². The van der Waals surface area contributed by atoms with E-state index in [2.05, 4.69) is 5.32 Å². The van der Waals surface area contributed by atoms with Crippen molar-refractivity contribution in [3.8, 4) is 0 Å². The molecule has 15 heavy (non-hydrogen) atoms. The third-order valence-electron chi connectivity index (χ3n) is 2.49. The van der Waals surface area contributed by atoms with Crippen LogP contribution in [0.4, 0.5) is 5.69 Å². The Kier molecular flexibility index (Phi) is 4.31. The van der Waals surface area contributed by atoms with Crippen molar-refractivity contribution in [1.82, 2.24) is 0 Å². The van der Waals surface area contributed by atoms with Crippen molar-refractivity contribution in [3.05, 3.63) is 29.8 Å². The minimum absolute atomic E-state index is 0.0477. The summed E-state index contributed by atoms with van der Waals surface area (Å²) in [5.74, 6) is 0.109. The van der Waals surface area contributed by atoms with Gasteiger partial charge in [-0.05, 0) is 24.1 Å². The number of hydrogen-bond donors (Lipinski definition) is 2. The fourth-order valence-corrected chi connectivity index (χ4v) is 1.23. The van der Waals surface area contributed by atoms with Gasteiger partial charge in [0.05, 0.1) is 0 Å². The third kappa shape index (κ3) is 3.36. The van der Waals surface area contributed by atoms with E-state index in [9.17, 15) is 4.79 Å². The molecule has 3 heteroatoms. The van der Waals surface area contributed by atoms with Crippen LogP contribution in [0.15, 0.2) is 24.3 Å². The number of hydrogen-bond acceptors (Lipinski definition) is 2. The maximum Gasteiger partial charge on any atom is 0.227 e. The highest BCUT2D eigenvalue weighted by molar-refractivity contribution is 5.92. The lowest BCUT2D eigenvalue weighted by molar-refractivity contribution is -0.119. The molecule has 0 saturated carbocycles. The van der Waals surface area contributed by atoms with Gasteiger partial charge in [0.15, 0.2) is 0 Å². The van der Waals surface area contributed by atoms with Crippen LogP contribution >= 0.6 is 0 Å². The summed E-state index contributed by atoms with van der Waals surface area (Å²) in [4.78, 5) is 11.6. The lowest BCUT2D eigenvalue weighted by Crippen LogP contribution is -2.19. The second-order valence-corrected chi connectivity index (χ2v) is 3.70. The first kappa shape index (κ1) is 11.7. The molecule has 1 atom stereocenters. The summed E-state index contributed by atoms with van der Waals surface area (Å²) in [7, 11) is 0. The molecule has 0 radical (unpaired) electrons. The van der Waals surface area contributed by atoms with E-state index >= 15 is 0 Å². The highest BCUT2D eigenvalue weighted by atomic mass is 16.1. The fraction of sp³-hybridized carbons (Fsp3) is 0.417. The maximum atomic E-state index is 11.6. The standard InChI is InChI=1S/C12H18N2O/c1-3-9(2)12(15)14-11-6-4-5-10(7-11)8-13/h4-7,9H,3,8,13H2,1-2H3,(H,14,15)/t9-/m1/s1. The zero-order chi connectivity index (χ0) is 11.3. The van der Waals surface area contributed by atoms with Crippen LogP contribution in [0.5, 0.6) is 0 Å². The summed E-state index contributed by atoms with van der Waals surface area (Å²) in [5.41, 5.74) is 7.37. The van der Waals surface area contributed by atoms with Gasteiger partial charge in [-0.2, -0.15) is 0 Å². The minimum atomic E-state index is 0.0477. The van der Waals surface area contributed by atoms with E-state index in [1.165, 1.54) is 0 Å². The molecule has 0 fully saturated rings. The molecule has 0 aliphatic heterocycles. The van der Waals surface area contributed by atoms with Crippen LogP contribution in [0.2, 0.25) is 0 Å². The number of benzene rings is 1. The first-order valence-electron chi connectivity index (χ1n) is 5.27. The first-order valence-corrected chi connectivity index (χ1v) is 5.27. The highest BCUT2D eigenvalue weighted by Gasteiger charge is 2.10. The van der Waals surface area contributed by atoms with E-state index in [1.807, 2.05) is 38.1 Å². The molecule has 1 aromatic rings. The molecule has 0 bridgehead atoms.